The zero-order valence-electron chi connectivity index (χ0n) is 10.2. The molecular weight excluding hydrogens is 240 g/mol. The molecule has 1 aromatic rings. The molecule has 4 nitrogen and oxygen atoms in total. The normalized spacial score (nSPS) is 12.5. The van der Waals surface area contributed by atoms with Gasteiger partial charge in [0.25, 0.3) is 5.91 Å². The second-order valence-electron chi connectivity index (χ2n) is 4.08. The Morgan fingerprint density at radius 2 is 2.35 bits per heavy atom. The number of nitrogens with one attached hydrogen (secondary N) is 1. The van der Waals surface area contributed by atoms with Gasteiger partial charge >= 0.3 is 0 Å². The van der Waals surface area contributed by atoms with Crippen molar-refractivity contribution in [1.29, 1.82) is 0 Å². The number of amides is 1. The van der Waals surface area contributed by atoms with Gasteiger partial charge < -0.3 is 15.0 Å². The predicted octanol–water partition coefficient (Wildman–Crippen LogP) is 2.05. The SMILES string of the molecule is CCn1cc(Cl)cc1C(=O)NCCCC(C)O. The largest absolute Gasteiger partial charge is 0.393 e. The van der Waals surface area contributed by atoms with Crippen LogP contribution in [0.25, 0.3) is 0 Å². The Morgan fingerprint density at radius 1 is 1.65 bits per heavy atom. The lowest BCUT2D eigenvalue weighted by molar-refractivity contribution is 0.0940. The van der Waals surface area contributed by atoms with Gasteiger partial charge in [-0.05, 0) is 32.8 Å². The molecule has 0 aromatic carbocycles. The molecule has 1 heterocycles. The van der Waals surface area contributed by atoms with E-state index >= 15 is 0 Å². The molecule has 0 fully saturated rings. The molecule has 0 aliphatic carbocycles. The molecule has 0 aliphatic heterocycles. The average Bonchev–Trinajstić information content (AvgIpc) is 2.65. The van der Waals surface area contributed by atoms with Crippen molar-refractivity contribution in [3.8, 4) is 0 Å². The molecule has 1 rings (SSSR count). The van der Waals surface area contributed by atoms with Gasteiger partial charge in [-0.2, -0.15) is 0 Å². The highest BCUT2D eigenvalue weighted by Gasteiger charge is 2.11. The Bertz CT molecular complexity index is 375. The van der Waals surface area contributed by atoms with Crippen molar-refractivity contribution in [3.05, 3.63) is 23.0 Å². The highest BCUT2D eigenvalue weighted by atomic mass is 35.5. The van der Waals surface area contributed by atoms with Crippen LogP contribution in [0.1, 0.15) is 37.2 Å². The van der Waals surface area contributed by atoms with Crippen LogP contribution in [0, 0.1) is 0 Å². The van der Waals surface area contributed by atoms with Crippen LogP contribution in [0.4, 0.5) is 0 Å². The molecule has 2 N–H and O–H groups in total. The molecule has 0 spiro atoms. The van der Waals surface area contributed by atoms with Crippen molar-refractivity contribution in [1.82, 2.24) is 9.88 Å². The summed E-state index contributed by atoms with van der Waals surface area (Å²) in [6.45, 7) is 4.98. The number of nitrogens with zero attached hydrogens (tertiary/aromatic N) is 1. The second-order valence-corrected chi connectivity index (χ2v) is 4.51. The average molecular weight is 259 g/mol. The van der Waals surface area contributed by atoms with Crippen LogP contribution in [0.3, 0.4) is 0 Å². The van der Waals surface area contributed by atoms with E-state index in [0.29, 0.717) is 30.2 Å². The van der Waals surface area contributed by atoms with Gasteiger partial charge in [-0.15, -0.1) is 0 Å². The highest BCUT2D eigenvalue weighted by Crippen LogP contribution is 2.13. The summed E-state index contributed by atoms with van der Waals surface area (Å²) in [5, 5.41) is 12.5. The third kappa shape index (κ3) is 4.40. The van der Waals surface area contributed by atoms with E-state index in [1.54, 1.807) is 19.2 Å². The molecule has 0 aliphatic rings. The summed E-state index contributed by atoms with van der Waals surface area (Å²) in [7, 11) is 0. The second kappa shape index (κ2) is 6.67. The Morgan fingerprint density at radius 3 is 2.94 bits per heavy atom. The number of hydrogen-bond acceptors (Lipinski definition) is 2. The van der Waals surface area contributed by atoms with Crippen LogP contribution >= 0.6 is 11.6 Å². The van der Waals surface area contributed by atoms with Crippen molar-refractivity contribution < 1.29 is 9.90 Å². The first-order chi connectivity index (χ1) is 8.04. The summed E-state index contributed by atoms with van der Waals surface area (Å²) in [5.41, 5.74) is 0.578. The van der Waals surface area contributed by atoms with Gasteiger partial charge in [-0.3, -0.25) is 4.79 Å². The zero-order chi connectivity index (χ0) is 12.8. The minimum atomic E-state index is -0.319. The Kier molecular flexibility index (Phi) is 5.51. The molecule has 0 bridgehead atoms. The minimum Gasteiger partial charge on any atom is -0.393 e. The molecule has 1 amide bonds. The van der Waals surface area contributed by atoms with Crippen LogP contribution in [0.2, 0.25) is 5.02 Å². The standard InChI is InChI=1S/C12H19ClN2O2/c1-3-15-8-10(13)7-11(15)12(17)14-6-4-5-9(2)16/h7-9,16H,3-6H2,1-2H3,(H,14,17). The maximum Gasteiger partial charge on any atom is 0.267 e. The van der Waals surface area contributed by atoms with Crippen LogP contribution in [0.15, 0.2) is 12.3 Å². The maximum absolute atomic E-state index is 11.8. The summed E-state index contributed by atoms with van der Waals surface area (Å²) < 4.78 is 1.81. The van der Waals surface area contributed by atoms with E-state index in [4.69, 9.17) is 16.7 Å². The van der Waals surface area contributed by atoms with Gasteiger partial charge in [0.1, 0.15) is 5.69 Å². The highest BCUT2D eigenvalue weighted by molar-refractivity contribution is 6.31. The summed E-state index contributed by atoms with van der Waals surface area (Å²) in [5.74, 6) is -0.121. The topological polar surface area (TPSA) is 54.3 Å². The quantitative estimate of drug-likeness (QED) is 0.768. The molecule has 5 heteroatoms. The predicted molar refractivity (Wildman–Crippen MR) is 68.4 cm³/mol. The summed E-state index contributed by atoms with van der Waals surface area (Å²) in [6.07, 6.45) is 2.88. The van der Waals surface area contributed by atoms with Gasteiger partial charge in [0.2, 0.25) is 0 Å². The van der Waals surface area contributed by atoms with Gasteiger partial charge in [0, 0.05) is 19.3 Å². The fourth-order valence-corrected chi connectivity index (χ4v) is 1.84. The first kappa shape index (κ1) is 14.1. The molecule has 1 aromatic heterocycles. The number of halogens is 1. The molecule has 17 heavy (non-hydrogen) atoms. The number of carbonyl (C=O) groups is 1. The molecule has 96 valence electrons. The smallest absolute Gasteiger partial charge is 0.267 e. The number of aliphatic hydroxyl groups is 1. The number of carbonyl (C=O) groups excluding carboxylic acids is 1. The van der Waals surface area contributed by atoms with Crippen molar-refractivity contribution in [2.24, 2.45) is 0 Å². The van der Waals surface area contributed by atoms with E-state index in [0.717, 1.165) is 6.42 Å². The summed E-state index contributed by atoms with van der Waals surface area (Å²) >= 11 is 5.86. The Labute approximate surface area is 107 Å². The third-order valence-corrected chi connectivity index (χ3v) is 2.73. The molecule has 0 saturated carbocycles. The Balaban J connectivity index is 2.46. The fourth-order valence-electron chi connectivity index (χ4n) is 1.62. The molecule has 0 saturated heterocycles. The first-order valence-electron chi connectivity index (χ1n) is 5.86. The number of hydrogen-bond donors (Lipinski definition) is 2. The van der Waals surface area contributed by atoms with E-state index in [9.17, 15) is 4.79 Å². The van der Waals surface area contributed by atoms with Crippen molar-refractivity contribution in [2.45, 2.75) is 39.3 Å². The van der Waals surface area contributed by atoms with E-state index in [-0.39, 0.29) is 12.0 Å². The zero-order valence-corrected chi connectivity index (χ0v) is 11.0. The maximum atomic E-state index is 11.8. The van der Waals surface area contributed by atoms with Crippen molar-refractivity contribution in [2.75, 3.05) is 6.54 Å². The van der Waals surface area contributed by atoms with Crippen molar-refractivity contribution in [3.63, 3.8) is 0 Å². The van der Waals surface area contributed by atoms with Crippen LogP contribution in [-0.2, 0) is 6.54 Å². The van der Waals surface area contributed by atoms with Gasteiger partial charge in [-0.1, -0.05) is 11.6 Å². The molecular formula is C12H19ClN2O2. The summed E-state index contributed by atoms with van der Waals surface area (Å²) in [4.78, 5) is 11.8. The van der Waals surface area contributed by atoms with Crippen LogP contribution in [-0.4, -0.2) is 28.2 Å². The molecule has 0 radical (unpaired) electrons. The van der Waals surface area contributed by atoms with Crippen molar-refractivity contribution >= 4 is 17.5 Å². The molecule has 1 unspecified atom stereocenters. The van der Waals surface area contributed by atoms with Crippen LogP contribution < -0.4 is 5.32 Å². The Hall–Kier alpha value is -1.00. The minimum absolute atomic E-state index is 0.121. The van der Waals surface area contributed by atoms with E-state index in [1.165, 1.54) is 0 Å². The monoisotopic (exact) mass is 258 g/mol. The van der Waals surface area contributed by atoms with Gasteiger partial charge in [-0.25, -0.2) is 0 Å². The van der Waals surface area contributed by atoms with E-state index < -0.39 is 0 Å². The fraction of sp³-hybridized carbons (Fsp3) is 0.583. The lowest BCUT2D eigenvalue weighted by Gasteiger charge is -2.08. The summed E-state index contributed by atoms with van der Waals surface area (Å²) in [6, 6.07) is 1.66. The van der Waals surface area contributed by atoms with E-state index in [2.05, 4.69) is 5.32 Å². The number of aromatic nitrogens is 1. The third-order valence-electron chi connectivity index (χ3n) is 2.52. The number of aryl methyl sites for hydroxylation is 1. The van der Waals surface area contributed by atoms with E-state index in [1.807, 2.05) is 11.5 Å². The van der Waals surface area contributed by atoms with Gasteiger partial charge in [0.15, 0.2) is 0 Å². The number of rotatable bonds is 6. The van der Waals surface area contributed by atoms with Gasteiger partial charge in [0.05, 0.1) is 11.1 Å². The first-order valence-corrected chi connectivity index (χ1v) is 6.24. The lowest BCUT2D eigenvalue weighted by Crippen LogP contribution is -2.27. The lowest BCUT2D eigenvalue weighted by atomic mass is 10.2. The number of aliphatic hydroxyl groups excluding tert-OH is 1. The van der Waals surface area contributed by atoms with Crippen LogP contribution in [0.5, 0.6) is 0 Å². The molecule has 1 atom stereocenters.